The van der Waals surface area contributed by atoms with Gasteiger partial charge in [-0.05, 0) is 43.4 Å². The van der Waals surface area contributed by atoms with Crippen molar-refractivity contribution in [3.05, 3.63) is 50.9 Å². The number of thiazole rings is 1. The van der Waals surface area contributed by atoms with Crippen LogP contribution in [0.1, 0.15) is 55.0 Å². The number of urea groups is 1. The second-order valence-corrected chi connectivity index (χ2v) is 10.1. The number of rotatable bonds is 12. The molecule has 0 aliphatic carbocycles. The number of hydrogen-bond donors (Lipinski definition) is 5. The SMILES string of the molecule is CC(C)[C@H](NC(=O)N[C@H](C)c1ccc(Br)cc1)C(=O)N[C@@H](CCCN=C(N)N)C(=O)c1nccs1. The van der Waals surface area contributed by atoms with Gasteiger partial charge in [0.25, 0.3) is 0 Å². The number of carbonyl (C=O) groups excluding carboxylic acids is 3. The Morgan fingerprint density at radius 3 is 2.34 bits per heavy atom. The first-order valence-electron chi connectivity index (χ1n) is 11.2. The molecular weight excluding hydrogens is 534 g/mol. The van der Waals surface area contributed by atoms with Gasteiger partial charge in [0.05, 0.1) is 12.1 Å². The van der Waals surface area contributed by atoms with E-state index in [1.165, 1.54) is 17.5 Å². The molecule has 2 rings (SSSR count). The molecule has 0 aliphatic heterocycles. The number of ketones is 1. The quantitative estimate of drug-likeness (QED) is 0.115. The van der Waals surface area contributed by atoms with Crippen molar-refractivity contribution >= 4 is 50.9 Å². The number of nitrogens with zero attached hydrogens (tertiary/aromatic N) is 2. The Bertz CT molecular complexity index is 1010. The third-order valence-corrected chi connectivity index (χ3v) is 6.49. The molecule has 0 unspecified atom stereocenters. The van der Waals surface area contributed by atoms with Crippen molar-refractivity contribution in [2.24, 2.45) is 22.4 Å². The summed E-state index contributed by atoms with van der Waals surface area (Å²) in [6.07, 6.45) is 2.33. The first kappa shape index (κ1) is 28.2. The molecule has 0 fully saturated rings. The molecule has 7 N–H and O–H groups in total. The van der Waals surface area contributed by atoms with Crippen molar-refractivity contribution in [1.82, 2.24) is 20.9 Å². The zero-order valence-corrected chi connectivity index (χ0v) is 22.4. The molecule has 1 heterocycles. The van der Waals surface area contributed by atoms with Crippen LogP contribution in [0, 0.1) is 5.92 Å². The summed E-state index contributed by atoms with van der Waals surface area (Å²) in [6, 6.07) is 5.16. The summed E-state index contributed by atoms with van der Waals surface area (Å²) in [4.78, 5) is 46.8. The molecular formula is C23H32BrN7O3S. The predicted molar refractivity (Wildman–Crippen MR) is 141 cm³/mol. The Morgan fingerprint density at radius 2 is 1.77 bits per heavy atom. The lowest BCUT2D eigenvalue weighted by Gasteiger charge is -2.26. The molecule has 3 atom stereocenters. The Balaban J connectivity index is 2.05. The smallest absolute Gasteiger partial charge is 0.315 e. The number of guanidine groups is 1. The minimum atomic E-state index is -0.851. The molecule has 0 saturated carbocycles. The third kappa shape index (κ3) is 9.29. The van der Waals surface area contributed by atoms with E-state index < -0.39 is 24.0 Å². The number of Topliss-reactive ketones (excluding diaryl/α,β-unsaturated/α-hetero) is 1. The van der Waals surface area contributed by atoms with Crippen LogP contribution in [0.15, 0.2) is 45.3 Å². The van der Waals surface area contributed by atoms with Gasteiger partial charge in [-0.2, -0.15) is 0 Å². The molecule has 35 heavy (non-hydrogen) atoms. The maximum Gasteiger partial charge on any atom is 0.315 e. The van der Waals surface area contributed by atoms with Gasteiger partial charge in [-0.25, -0.2) is 9.78 Å². The monoisotopic (exact) mass is 565 g/mol. The third-order valence-electron chi connectivity index (χ3n) is 5.17. The van der Waals surface area contributed by atoms with Crippen LogP contribution < -0.4 is 27.4 Å². The number of nitrogens with two attached hydrogens (primary N) is 2. The first-order valence-corrected chi connectivity index (χ1v) is 12.9. The van der Waals surface area contributed by atoms with E-state index in [0.29, 0.717) is 24.4 Å². The number of aliphatic imine (C=N–C) groups is 1. The van der Waals surface area contributed by atoms with Crippen molar-refractivity contribution in [2.45, 2.75) is 51.7 Å². The summed E-state index contributed by atoms with van der Waals surface area (Å²) in [5.41, 5.74) is 11.6. The predicted octanol–water partition coefficient (Wildman–Crippen LogP) is 2.71. The molecule has 3 amide bonds. The van der Waals surface area contributed by atoms with E-state index in [1.807, 2.05) is 45.0 Å². The number of amides is 3. The van der Waals surface area contributed by atoms with E-state index in [1.54, 1.807) is 5.38 Å². The minimum Gasteiger partial charge on any atom is -0.370 e. The second-order valence-electron chi connectivity index (χ2n) is 8.32. The Morgan fingerprint density at radius 1 is 1.09 bits per heavy atom. The summed E-state index contributed by atoms with van der Waals surface area (Å²) in [6.45, 7) is 5.81. The number of halogens is 1. The van der Waals surface area contributed by atoms with E-state index in [2.05, 4.69) is 41.9 Å². The van der Waals surface area contributed by atoms with Crippen molar-refractivity contribution in [2.75, 3.05) is 6.54 Å². The summed E-state index contributed by atoms with van der Waals surface area (Å²) in [5.74, 6) is -1.01. The molecule has 190 valence electrons. The molecule has 0 saturated heterocycles. The summed E-state index contributed by atoms with van der Waals surface area (Å²) < 4.78 is 0.939. The van der Waals surface area contributed by atoms with E-state index in [9.17, 15) is 14.4 Å². The van der Waals surface area contributed by atoms with Gasteiger partial charge in [0.2, 0.25) is 11.7 Å². The molecule has 12 heteroatoms. The lowest BCUT2D eigenvalue weighted by atomic mass is 10.0. The summed E-state index contributed by atoms with van der Waals surface area (Å²) in [5, 5.41) is 10.4. The van der Waals surface area contributed by atoms with Crippen molar-refractivity contribution in [3.8, 4) is 0 Å². The largest absolute Gasteiger partial charge is 0.370 e. The average molecular weight is 567 g/mol. The fraction of sp³-hybridized carbons (Fsp3) is 0.435. The van der Waals surface area contributed by atoms with Gasteiger partial charge in [0, 0.05) is 22.6 Å². The summed E-state index contributed by atoms with van der Waals surface area (Å²) in [7, 11) is 0. The van der Waals surface area contributed by atoms with Crippen LogP contribution in [0.25, 0.3) is 0 Å². The minimum absolute atomic E-state index is 0.0377. The molecule has 0 bridgehead atoms. The van der Waals surface area contributed by atoms with Crippen LogP contribution in [0.4, 0.5) is 4.79 Å². The zero-order chi connectivity index (χ0) is 26.0. The maximum atomic E-state index is 13.1. The van der Waals surface area contributed by atoms with Crippen LogP contribution in [0.3, 0.4) is 0 Å². The van der Waals surface area contributed by atoms with E-state index >= 15 is 0 Å². The van der Waals surface area contributed by atoms with Crippen molar-refractivity contribution in [1.29, 1.82) is 0 Å². The van der Waals surface area contributed by atoms with Gasteiger partial charge >= 0.3 is 6.03 Å². The van der Waals surface area contributed by atoms with Gasteiger partial charge in [0.15, 0.2) is 11.0 Å². The maximum absolute atomic E-state index is 13.1. The van der Waals surface area contributed by atoms with E-state index in [-0.39, 0.29) is 23.7 Å². The van der Waals surface area contributed by atoms with E-state index in [0.717, 1.165) is 10.0 Å². The number of aromatic nitrogens is 1. The van der Waals surface area contributed by atoms with Gasteiger partial charge in [0.1, 0.15) is 6.04 Å². The van der Waals surface area contributed by atoms with Crippen LogP contribution >= 0.6 is 27.3 Å². The van der Waals surface area contributed by atoms with E-state index in [4.69, 9.17) is 11.5 Å². The Kier molecular flexibility index (Phi) is 11.1. The van der Waals surface area contributed by atoms with Gasteiger partial charge in [-0.3, -0.25) is 14.6 Å². The molecule has 10 nitrogen and oxygen atoms in total. The second kappa shape index (κ2) is 13.8. The topological polar surface area (TPSA) is 165 Å². The number of hydrogen-bond acceptors (Lipinski definition) is 6. The Labute approximate surface area is 217 Å². The highest BCUT2D eigenvalue weighted by Crippen LogP contribution is 2.17. The highest BCUT2D eigenvalue weighted by atomic mass is 79.9. The molecule has 2 aromatic rings. The number of carbonyl (C=O) groups is 3. The fourth-order valence-corrected chi connectivity index (χ4v) is 4.17. The number of nitrogens with one attached hydrogen (secondary N) is 3. The zero-order valence-electron chi connectivity index (χ0n) is 20.0. The van der Waals surface area contributed by atoms with Crippen LogP contribution in [0.2, 0.25) is 0 Å². The lowest BCUT2D eigenvalue weighted by Crippen LogP contribution is -2.55. The van der Waals surface area contributed by atoms with Gasteiger partial charge in [-0.15, -0.1) is 11.3 Å². The lowest BCUT2D eigenvalue weighted by molar-refractivity contribution is -0.124. The standard InChI is InChI=1S/C23H32BrN7O3S/c1-13(2)18(31-23(34)29-14(3)15-6-8-16(24)9-7-15)20(33)30-17(5-4-10-28-22(25)26)19(32)21-27-11-12-35-21/h6-9,11-14,17-18H,4-5,10H2,1-3H3,(H,30,33)(H4,25,26,28)(H2,29,31,34)/t14-,17+,18+/m1/s1. The van der Waals surface area contributed by atoms with Crippen LogP contribution in [0.5, 0.6) is 0 Å². The Hall–Kier alpha value is -2.99. The molecule has 1 aromatic heterocycles. The highest BCUT2D eigenvalue weighted by Gasteiger charge is 2.30. The fourth-order valence-electron chi connectivity index (χ4n) is 3.28. The van der Waals surface area contributed by atoms with Crippen LogP contribution in [-0.2, 0) is 4.79 Å². The summed E-state index contributed by atoms with van der Waals surface area (Å²) >= 11 is 4.59. The van der Waals surface area contributed by atoms with Gasteiger partial charge < -0.3 is 27.4 Å². The normalized spacial score (nSPS) is 13.4. The van der Waals surface area contributed by atoms with Crippen molar-refractivity contribution in [3.63, 3.8) is 0 Å². The first-order chi connectivity index (χ1) is 16.6. The number of benzene rings is 1. The van der Waals surface area contributed by atoms with Gasteiger partial charge in [-0.1, -0.05) is 41.9 Å². The van der Waals surface area contributed by atoms with Crippen LogP contribution in [-0.4, -0.2) is 47.3 Å². The molecule has 0 spiro atoms. The molecule has 1 aromatic carbocycles. The average Bonchev–Trinajstić information content (AvgIpc) is 3.34. The van der Waals surface area contributed by atoms with Crippen molar-refractivity contribution < 1.29 is 14.4 Å². The molecule has 0 radical (unpaired) electrons. The molecule has 0 aliphatic rings. The highest BCUT2D eigenvalue weighted by molar-refractivity contribution is 9.10.